The van der Waals surface area contributed by atoms with E-state index < -0.39 is 0 Å². The van der Waals surface area contributed by atoms with Crippen molar-refractivity contribution in [2.45, 2.75) is 40.7 Å². The Hall–Kier alpha value is -1.33. The van der Waals surface area contributed by atoms with Gasteiger partial charge in [0.15, 0.2) is 0 Å². The number of nitriles is 1. The molecular weight excluding hydrogens is 208 g/mol. The molecule has 1 rings (SSSR count). The molecule has 1 aromatic carbocycles. The van der Waals surface area contributed by atoms with Crippen molar-refractivity contribution in [3.63, 3.8) is 0 Å². The predicted molar refractivity (Wildman–Crippen MR) is 71.9 cm³/mol. The molecule has 92 valence electrons. The quantitative estimate of drug-likeness (QED) is 0.791. The van der Waals surface area contributed by atoms with Crippen molar-refractivity contribution in [2.24, 2.45) is 0 Å². The summed E-state index contributed by atoms with van der Waals surface area (Å²) >= 11 is 0. The van der Waals surface area contributed by atoms with Gasteiger partial charge in [0, 0.05) is 0 Å². The van der Waals surface area contributed by atoms with E-state index in [9.17, 15) is 5.26 Å². The van der Waals surface area contributed by atoms with Crippen LogP contribution in [-0.4, -0.2) is 18.0 Å². The Morgan fingerprint density at radius 2 is 1.59 bits per heavy atom. The Balaban J connectivity index is 3.26. The highest BCUT2D eigenvalue weighted by molar-refractivity contribution is 5.41. The molecule has 1 aromatic rings. The fourth-order valence-corrected chi connectivity index (χ4v) is 2.54. The second-order valence-electron chi connectivity index (χ2n) is 4.57. The standard InChI is InChI=1S/C15H22N2/c1-6-17(7-2)14(10-16)15-12(4)8-11(3)9-13(15)5/h8-9,14H,6-7H2,1-5H3. The Morgan fingerprint density at radius 1 is 1.12 bits per heavy atom. The third-order valence-corrected chi connectivity index (χ3v) is 3.31. The van der Waals surface area contributed by atoms with Gasteiger partial charge in [0.05, 0.1) is 6.07 Å². The van der Waals surface area contributed by atoms with E-state index in [2.05, 4.69) is 57.7 Å². The molecule has 0 spiro atoms. The zero-order valence-corrected chi connectivity index (χ0v) is 11.5. The molecule has 17 heavy (non-hydrogen) atoms. The van der Waals surface area contributed by atoms with Gasteiger partial charge in [0.25, 0.3) is 0 Å². The molecule has 0 aromatic heterocycles. The second-order valence-corrected chi connectivity index (χ2v) is 4.57. The monoisotopic (exact) mass is 230 g/mol. The normalized spacial score (nSPS) is 12.5. The summed E-state index contributed by atoms with van der Waals surface area (Å²) in [5.41, 5.74) is 4.89. The van der Waals surface area contributed by atoms with E-state index in [1.54, 1.807) is 0 Å². The maximum Gasteiger partial charge on any atom is 0.124 e. The highest BCUT2D eigenvalue weighted by Gasteiger charge is 2.20. The summed E-state index contributed by atoms with van der Waals surface area (Å²) in [7, 11) is 0. The zero-order valence-electron chi connectivity index (χ0n) is 11.5. The van der Waals surface area contributed by atoms with Gasteiger partial charge < -0.3 is 0 Å². The van der Waals surface area contributed by atoms with E-state index in [0.717, 1.165) is 13.1 Å². The van der Waals surface area contributed by atoms with Crippen molar-refractivity contribution >= 4 is 0 Å². The molecule has 0 N–H and O–H groups in total. The second kappa shape index (κ2) is 5.84. The van der Waals surface area contributed by atoms with Crippen LogP contribution in [0.3, 0.4) is 0 Å². The summed E-state index contributed by atoms with van der Waals surface area (Å²) in [5.74, 6) is 0. The number of hydrogen-bond donors (Lipinski definition) is 0. The smallest absolute Gasteiger partial charge is 0.124 e. The molecular formula is C15H22N2. The van der Waals surface area contributed by atoms with Gasteiger partial charge in [-0.15, -0.1) is 0 Å². The number of nitrogens with zero attached hydrogens (tertiary/aromatic N) is 2. The fraction of sp³-hybridized carbons (Fsp3) is 0.533. The van der Waals surface area contributed by atoms with Crippen LogP contribution in [0.25, 0.3) is 0 Å². The molecule has 0 radical (unpaired) electrons. The van der Waals surface area contributed by atoms with Crippen LogP contribution in [0, 0.1) is 32.1 Å². The molecule has 0 aliphatic rings. The van der Waals surface area contributed by atoms with Crippen molar-refractivity contribution in [1.82, 2.24) is 4.90 Å². The first-order chi connectivity index (χ1) is 8.04. The highest BCUT2D eigenvalue weighted by atomic mass is 15.1. The van der Waals surface area contributed by atoms with Gasteiger partial charge in [-0.2, -0.15) is 5.26 Å². The Morgan fingerprint density at radius 3 is 1.94 bits per heavy atom. The maximum absolute atomic E-state index is 9.44. The van der Waals surface area contributed by atoms with Crippen LogP contribution in [0.5, 0.6) is 0 Å². The molecule has 1 unspecified atom stereocenters. The van der Waals surface area contributed by atoms with Crippen LogP contribution in [0.1, 0.15) is 42.1 Å². The van der Waals surface area contributed by atoms with E-state index in [0.29, 0.717) is 0 Å². The van der Waals surface area contributed by atoms with E-state index in [1.807, 2.05) is 0 Å². The lowest BCUT2D eigenvalue weighted by molar-refractivity contribution is 0.261. The zero-order chi connectivity index (χ0) is 13.0. The van der Waals surface area contributed by atoms with Crippen LogP contribution in [0.2, 0.25) is 0 Å². The first kappa shape index (κ1) is 13.7. The van der Waals surface area contributed by atoms with Gasteiger partial charge in [-0.3, -0.25) is 4.90 Å². The lowest BCUT2D eigenvalue weighted by Crippen LogP contribution is -2.28. The van der Waals surface area contributed by atoms with Crippen molar-refractivity contribution in [1.29, 1.82) is 5.26 Å². The molecule has 2 nitrogen and oxygen atoms in total. The summed E-state index contributed by atoms with van der Waals surface area (Å²) in [4.78, 5) is 2.20. The lowest BCUT2D eigenvalue weighted by atomic mass is 9.94. The minimum Gasteiger partial charge on any atom is -0.285 e. The van der Waals surface area contributed by atoms with Gasteiger partial charge in [-0.05, 0) is 50.6 Å². The minimum atomic E-state index is -0.120. The fourth-order valence-electron chi connectivity index (χ4n) is 2.54. The molecule has 1 atom stereocenters. The number of rotatable bonds is 4. The Kier molecular flexibility index (Phi) is 4.72. The third kappa shape index (κ3) is 2.87. The van der Waals surface area contributed by atoms with E-state index in [4.69, 9.17) is 0 Å². The van der Waals surface area contributed by atoms with Gasteiger partial charge >= 0.3 is 0 Å². The SMILES string of the molecule is CCN(CC)C(C#N)c1c(C)cc(C)cc1C. The Bertz CT molecular complexity index is 402. The van der Waals surface area contributed by atoms with E-state index in [-0.39, 0.29) is 6.04 Å². The van der Waals surface area contributed by atoms with Gasteiger partial charge in [0.1, 0.15) is 6.04 Å². The van der Waals surface area contributed by atoms with Crippen LogP contribution < -0.4 is 0 Å². The average molecular weight is 230 g/mol. The largest absolute Gasteiger partial charge is 0.285 e. The predicted octanol–water partition coefficient (Wildman–Crippen LogP) is 3.52. The minimum absolute atomic E-state index is 0.120. The Labute approximate surface area is 105 Å². The molecule has 0 aliphatic heterocycles. The molecule has 0 bridgehead atoms. The highest BCUT2D eigenvalue weighted by Crippen LogP contribution is 2.27. The molecule has 0 fully saturated rings. The summed E-state index contributed by atoms with van der Waals surface area (Å²) in [6.45, 7) is 12.3. The number of aryl methyl sites for hydroxylation is 3. The number of benzene rings is 1. The van der Waals surface area contributed by atoms with Gasteiger partial charge in [-0.1, -0.05) is 31.5 Å². The first-order valence-corrected chi connectivity index (χ1v) is 6.26. The van der Waals surface area contributed by atoms with Crippen LogP contribution in [-0.2, 0) is 0 Å². The van der Waals surface area contributed by atoms with Gasteiger partial charge in [0.2, 0.25) is 0 Å². The van der Waals surface area contributed by atoms with Crippen LogP contribution in [0.15, 0.2) is 12.1 Å². The maximum atomic E-state index is 9.44. The first-order valence-electron chi connectivity index (χ1n) is 6.26. The van der Waals surface area contributed by atoms with Crippen LogP contribution in [0.4, 0.5) is 0 Å². The van der Waals surface area contributed by atoms with Crippen molar-refractivity contribution in [3.05, 3.63) is 34.4 Å². The topological polar surface area (TPSA) is 27.0 Å². The summed E-state index contributed by atoms with van der Waals surface area (Å²) < 4.78 is 0. The lowest BCUT2D eigenvalue weighted by Gasteiger charge is -2.27. The molecule has 0 aliphatic carbocycles. The van der Waals surface area contributed by atoms with Crippen molar-refractivity contribution < 1.29 is 0 Å². The summed E-state index contributed by atoms with van der Waals surface area (Å²) in [6, 6.07) is 6.65. The molecule has 0 saturated heterocycles. The summed E-state index contributed by atoms with van der Waals surface area (Å²) in [5, 5.41) is 9.44. The van der Waals surface area contributed by atoms with Crippen LogP contribution >= 0.6 is 0 Å². The summed E-state index contributed by atoms with van der Waals surface area (Å²) in [6.07, 6.45) is 0. The third-order valence-electron chi connectivity index (χ3n) is 3.31. The molecule has 0 saturated carbocycles. The molecule has 0 heterocycles. The number of hydrogen-bond acceptors (Lipinski definition) is 2. The van der Waals surface area contributed by atoms with E-state index >= 15 is 0 Å². The van der Waals surface area contributed by atoms with Gasteiger partial charge in [-0.25, -0.2) is 0 Å². The van der Waals surface area contributed by atoms with E-state index in [1.165, 1.54) is 22.3 Å². The average Bonchev–Trinajstić information content (AvgIpc) is 2.27. The molecule has 2 heteroatoms. The van der Waals surface area contributed by atoms with Crippen molar-refractivity contribution in [2.75, 3.05) is 13.1 Å². The molecule has 0 amide bonds. The van der Waals surface area contributed by atoms with Crippen molar-refractivity contribution in [3.8, 4) is 6.07 Å².